The van der Waals surface area contributed by atoms with E-state index in [-0.39, 0.29) is 35.5 Å². The molecule has 152 valence electrons. The minimum Gasteiger partial charge on any atom is -0.469 e. The summed E-state index contributed by atoms with van der Waals surface area (Å²) in [5, 5.41) is 0. The van der Waals surface area contributed by atoms with E-state index >= 15 is 0 Å². The Kier molecular flexibility index (Phi) is 5.67. The maximum absolute atomic E-state index is 13.7. The van der Waals surface area contributed by atoms with Crippen molar-refractivity contribution >= 4 is 11.9 Å². The van der Waals surface area contributed by atoms with Crippen LogP contribution in [-0.4, -0.2) is 62.0 Å². The molecule has 29 heavy (non-hydrogen) atoms. The van der Waals surface area contributed by atoms with Crippen LogP contribution in [0.4, 0.5) is 0 Å². The molecule has 1 saturated carbocycles. The summed E-state index contributed by atoms with van der Waals surface area (Å²) in [5.74, 6) is -1.03. The first-order chi connectivity index (χ1) is 14.1. The topological polar surface area (TPSA) is 49.9 Å². The Balaban J connectivity index is 1.72. The predicted molar refractivity (Wildman–Crippen MR) is 111 cm³/mol. The third-order valence-corrected chi connectivity index (χ3v) is 6.49. The first-order valence-electron chi connectivity index (χ1n) is 10.3. The van der Waals surface area contributed by atoms with Gasteiger partial charge in [0.15, 0.2) is 0 Å². The smallest absolute Gasteiger partial charge is 0.309 e. The van der Waals surface area contributed by atoms with Crippen LogP contribution in [0.25, 0.3) is 0 Å². The Bertz CT molecular complexity index is 799. The lowest BCUT2D eigenvalue weighted by molar-refractivity contribution is -0.160. The van der Waals surface area contributed by atoms with Crippen molar-refractivity contribution in [2.45, 2.75) is 11.8 Å². The second-order valence-electron chi connectivity index (χ2n) is 8.08. The van der Waals surface area contributed by atoms with Gasteiger partial charge in [0.25, 0.3) is 0 Å². The SMILES string of the molecule is COC(=O)C1[C@@H](c2ccccc2)C(C(=O)N2CCN(C)CC2)[C@@H]1c1ccccc1. The van der Waals surface area contributed by atoms with Gasteiger partial charge in [-0.05, 0) is 18.2 Å². The first-order valence-corrected chi connectivity index (χ1v) is 10.3. The third kappa shape index (κ3) is 3.67. The molecule has 2 aromatic carbocycles. The third-order valence-electron chi connectivity index (χ3n) is 6.49. The second-order valence-corrected chi connectivity index (χ2v) is 8.08. The molecule has 0 radical (unpaired) electrons. The Morgan fingerprint density at radius 1 is 0.793 bits per heavy atom. The Morgan fingerprint density at radius 3 is 1.72 bits per heavy atom. The zero-order chi connectivity index (χ0) is 20.4. The molecule has 1 amide bonds. The van der Waals surface area contributed by atoms with Gasteiger partial charge in [-0.3, -0.25) is 9.59 Å². The monoisotopic (exact) mass is 392 g/mol. The molecule has 5 nitrogen and oxygen atoms in total. The summed E-state index contributed by atoms with van der Waals surface area (Å²) in [6.07, 6.45) is 0. The van der Waals surface area contributed by atoms with Crippen LogP contribution in [-0.2, 0) is 14.3 Å². The first kappa shape index (κ1) is 19.6. The average Bonchev–Trinajstić information content (AvgIpc) is 2.75. The minimum atomic E-state index is -0.355. The zero-order valence-corrected chi connectivity index (χ0v) is 17.0. The van der Waals surface area contributed by atoms with Crippen LogP contribution in [0.1, 0.15) is 23.0 Å². The standard InChI is InChI=1S/C24H28N2O3/c1-25-13-15-26(16-14-25)23(27)21-19(17-9-5-3-6-10-17)22(24(28)29-2)20(21)18-11-7-4-8-12-18/h3-12,19-22H,13-16H2,1-2H3/t19-,20-,21?,22?/m0/s1. The van der Waals surface area contributed by atoms with Gasteiger partial charge in [0.1, 0.15) is 0 Å². The van der Waals surface area contributed by atoms with E-state index in [0.717, 1.165) is 37.3 Å². The highest BCUT2D eigenvalue weighted by Crippen LogP contribution is 2.58. The van der Waals surface area contributed by atoms with Crippen LogP contribution >= 0.6 is 0 Å². The van der Waals surface area contributed by atoms with Crippen LogP contribution in [0.3, 0.4) is 0 Å². The van der Waals surface area contributed by atoms with E-state index in [1.807, 2.05) is 65.6 Å². The minimum absolute atomic E-state index is 0.154. The summed E-state index contributed by atoms with van der Waals surface area (Å²) in [7, 11) is 3.51. The molecule has 0 bridgehead atoms. The molecular weight excluding hydrogens is 364 g/mol. The number of piperazine rings is 1. The maximum atomic E-state index is 13.7. The number of hydrogen-bond acceptors (Lipinski definition) is 4. The van der Waals surface area contributed by atoms with E-state index < -0.39 is 0 Å². The van der Waals surface area contributed by atoms with E-state index in [9.17, 15) is 9.59 Å². The van der Waals surface area contributed by atoms with Gasteiger partial charge in [-0.1, -0.05) is 60.7 Å². The van der Waals surface area contributed by atoms with Gasteiger partial charge < -0.3 is 14.5 Å². The Labute approximate surface area is 172 Å². The van der Waals surface area contributed by atoms with Gasteiger partial charge >= 0.3 is 5.97 Å². The van der Waals surface area contributed by atoms with Crippen LogP contribution < -0.4 is 0 Å². The predicted octanol–water partition coefficient (Wildman–Crippen LogP) is 2.75. The van der Waals surface area contributed by atoms with Crippen molar-refractivity contribution in [3.05, 3.63) is 71.8 Å². The molecule has 2 aromatic rings. The number of carbonyl (C=O) groups is 2. The zero-order valence-electron chi connectivity index (χ0n) is 17.0. The summed E-state index contributed by atoms with van der Waals surface area (Å²) in [6.45, 7) is 3.23. The molecule has 2 atom stereocenters. The molecule has 1 saturated heterocycles. The van der Waals surface area contributed by atoms with Gasteiger partial charge in [0.05, 0.1) is 18.9 Å². The van der Waals surface area contributed by atoms with E-state index in [1.54, 1.807) is 0 Å². The molecule has 0 aromatic heterocycles. The molecule has 2 aliphatic rings. The number of nitrogens with zero attached hydrogens (tertiary/aromatic N) is 2. The van der Waals surface area contributed by atoms with Crippen LogP contribution in [0, 0.1) is 11.8 Å². The number of amides is 1. The molecule has 0 spiro atoms. The number of hydrogen-bond donors (Lipinski definition) is 0. The van der Waals surface area contributed by atoms with Gasteiger partial charge in [0.2, 0.25) is 5.91 Å². The molecule has 5 heteroatoms. The van der Waals surface area contributed by atoms with Crippen LogP contribution in [0.5, 0.6) is 0 Å². The molecule has 1 aliphatic carbocycles. The van der Waals surface area contributed by atoms with Gasteiger partial charge in [0, 0.05) is 38.0 Å². The highest BCUT2D eigenvalue weighted by atomic mass is 16.5. The normalized spacial score (nSPS) is 27.2. The summed E-state index contributed by atoms with van der Waals surface area (Å²) < 4.78 is 5.17. The van der Waals surface area contributed by atoms with E-state index in [1.165, 1.54) is 7.11 Å². The fourth-order valence-electron chi connectivity index (χ4n) is 4.90. The fourth-order valence-corrected chi connectivity index (χ4v) is 4.90. The number of rotatable bonds is 4. The average molecular weight is 392 g/mol. The van der Waals surface area contributed by atoms with Crippen LogP contribution in [0.2, 0.25) is 0 Å². The number of esters is 1. The molecule has 0 N–H and O–H groups in total. The number of methoxy groups -OCH3 is 1. The lowest BCUT2D eigenvalue weighted by atomic mass is 9.52. The number of ether oxygens (including phenoxy) is 1. The van der Waals surface area contributed by atoms with Crippen LogP contribution in [0.15, 0.2) is 60.7 Å². The van der Waals surface area contributed by atoms with Crippen molar-refractivity contribution in [3.8, 4) is 0 Å². The highest BCUT2D eigenvalue weighted by Gasteiger charge is 2.59. The van der Waals surface area contributed by atoms with Gasteiger partial charge in [-0.25, -0.2) is 0 Å². The molecule has 2 fully saturated rings. The van der Waals surface area contributed by atoms with Crippen molar-refractivity contribution in [1.29, 1.82) is 0 Å². The maximum Gasteiger partial charge on any atom is 0.309 e. The van der Waals surface area contributed by atoms with Crippen molar-refractivity contribution in [2.75, 3.05) is 40.3 Å². The second kappa shape index (κ2) is 8.37. The lowest BCUT2D eigenvalue weighted by Crippen LogP contribution is -2.57. The Morgan fingerprint density at radius 2 is 1.28 bits per heavy atom. The highest BCUT2D eigenvalue weighted by molar-refractivity contribution is 5.88. The van der Waals surface area contributed by atoms with Crippen molar-refractivity contribution in [3.63, 3.8) is 0 Å². The summed E-state index contributed by atoms with van der Waals surface area (Å²) in [6, 6.07) is 19.9. The number of carbonyl (C=O) groups excluding carboxylic acids is 2. The van der Waals surface area contributed by atoms with E-state index in [2.05, 4.69) is 11.9 Å². The van der Waals surface area contributed by atoms with Gasteiger partial charge in [-0.15, -0.1) is 0 Å². The lowest BCUT2D eigenvalue weighted by Gasteiger charge is -2.52. The van der Waals surface area contributed by atoms with Gasteiger partial charge in [-0.2, -0.15) is 0 Å². The van der Waals surface area contributed by atoms with Crippen molar-refractivity contribution in [1.82, 2.24) is 9.80 Å². The molecule has 1 heterocycles. The summed E-state index contributed by atoms with van der Waals surface area (Å²) in [5.41, 5.74) is 2.06. The molecular formula is C24H28N2O3. The van der Waals surface area contributed by atoms with Crippen molar-refractivity contribution in [2.24, 2.45) is 11.8 Å². The largest absolute Gasteiger partial charge is 0.469 e. The number of benzene rings is 2. The number of likely N-dealkylation sites (N-methyl/N-ethyl adjacent to an activating group) is 1. The molecule has 0 unspecified atom stereocenters. The summed E-state index contributed by atoms with van der Waals surface area (Å²) >= 11 is 0. The van der Waals surface area contributed by atoms with E-state index in [4.69, 9.17) is 4.74 Å². The van der Waals surface area contributed by atoms with E-state index in [0.29, 0.717) is 0 Å². The quantitative estimate of drug-likeness (QED) is 0.751. The fraction of sp³-hybridized carbons (Fsp3) is 0.417. The van der Waals surface area contributed by atoms with Crippen molar-refractivity contribution < 1.29 is 14.3 Å². The molecule has 4 rings (SSSR count). The Hall–Kier alpha value is -2.66. The summed E-state index contributed by atoms with van der Waals surface area (Å²) in [4.78, 5) is 30.7. The molecule has 1 aliphatic heterocycles.